The number of aryl methyl sites for hydroxylation is 1. The summed E-state index contributed by atoms with van der Waals surface area (Å²) in [5.41, 5.74) is 9.76. The van der Waals surface area contributed by atoms with E-state index in [2.05, 4.69) is 42.2 Å². The van der Waals surface area contributed by atoms with Gasteiger partial charge in [0.1, 0.15) is 11.6 Å². The van der Waals surface area contributed by atoms with Gasteiger partial charge in [-0.1, -0.05) is 23.8 Å². The molecule has 0 aliphatic carbocycles. The van der Waals surface area contributed by atoms with Gasteiger partial charge >= 0.3 is 0 Å². The summed E-state index contributed by atoms with van der Waals surface area (Å²) < 4.78 is 6.02. The van der Waals surface area contributed by atoms with Crippen molar-refractivity contribution >= 4 is 34.2 Å². The molecule has 0 amide bonds. The second-order valence-corrected chi connectivity index (χ2v) is 9.02. The van der Waals surface area contributed by atoms with Crippen LogP contribution >= 0.6 is 23.4 Å². The van der Waals surface area contributed by atoms with Gasteiger partial charge in [0.2, 0.25) is 0 Å². The highest BCUT2D eigenvalue weighted by molar-refractivity contribution is 7.95. The van der Waals surface area contributed by atoms with E-state index in [9.17, 15) is 0 Å². The van der Waals surface area contributed by atoms with E-state index in [1.807, 2.05) is 23.7 Å². The summed E-state index contributed by atoms with van der Waals surface area (Å²) in [5.74, 6) is 1.94. The maximum Gasteiger partial charge on any atom is 0.137 e. The van der Waals surface area contributed by atoms with Crippen LogP contribution in [0, 0.1) is 6.92 Å². The lowest BCUT2D eigenvalue weighted by Crippen LogP contribution is -2.18. The molecule has 2 aromatic heterocycles. The Morgan fingerprint density at radius 2 is 1.93 bits per heavy atom. The molecule has 0 radical (unpaired) electrons. The summed E-state index contributed by atoms with van der Waals surface area (Å²) in [5, 5.41) is 3.01. The molecule has 1 unspecified atom stereocenters. The maximum absolute atomic E-state index is 6.22. The molecule has 1 aromatic carbocycles. The van der Waals surface area contributed by atoms with Gasteiger partial charge < -0.3 is 14.8 Å². The molecule has 0 spiro atoms. The Hall–Kier alpha value is -2.18. The van der Waals surface area contributed by atoms with Gasteiger partial charge in [0.15, 0.2) is 0 Å². The van der Waals surface area contributed by atoms with E-state index in [4.69, 9.17) is 14.9 Å². The Kier molecular flexibility index (Phi) is 6.07. The lowest BCUT2D eigenvalue weighted by Gasteiger charge is -2.18. The second kappa shape index (κ2) is 8.88. The number of hydrogen-bond donors (Lipinski definition) is 1. The Bertz CT molecular complexity index is 887. The van der Waals surface area contributed by atoms with Gasteiger partial charge in [0.05, 0.1) is 22.3 Å². The molecule has 3 aromatic rings. The fraction of sp³-hybridized carbons (Fsp3) is 0.318. The van der Waals surface area contributed by atoms with Gasteiger partial charge in [-0.2, -0.15) is 0 Å². The molecule has 28 heavy (non-hydrogen) atoms. The average molecular weight is 412 g/mol. The van der Waals surface area contributed by atoms with Crippen molar-refractivity contribution in [1.29, 1.82) is 0 Å². The van der Waals surface area contributed by atoms with E-state index in [1.54, 1.807) is 11.3 Å². The minimum Gasteiger partial charge on any atom is -0.425 e. The number of nitrogens with two attached hydrogens (primary N) is 1. The Labute approximate surface area is 174 Å². The van der Waals surface area contributed by atoms with Crippen LogP contribution in [-0.2, 0) is 6.42 Å². The van der Waals surface area contributed by atoms with Gasteiger partial charge in [0, 0.05) is 24.8 Å². The molecule has 4 nitrogen and oxygen atoms in total. The van der Waals surface area contributed by atoms with E-state index in [0.29, 0.717) is 0 Å². The second-order valence-electron chi connectivity index (χ2n) is 7.14. The third-order valence-corrected chi connectivity index (χ3v) is 6.72. The van der Waals surface area contributed by atoms with Gasteiger partial charge in [0.25, 0.3) is 0 Å². The summed E-state index contributed by atoms with van der Waals surface area (Å²) in [6.45, 7) is 4.30. The molecule has 0 saturated carbocycles. The number of aromatic nitrogens is 1. The first kappa shape index (κ1) is 19.2. The van der Waals surface area contributed by atoms with Crippen LogP contribution in [0.2, 0.25) is 0 Å². The Morgan fingerprint density at radius 3 is 2.57 bits per heavy atom. The molecule has 1 aliphatic rings. The lowest BCUT2D eigenvalue weighted by molar-refractivity contribution is 0.633. The molecule has 146 valence electrons. The lowest BCUT2D eigenvalue weighted by atomic mass is 10.1. The molecule has 4 rings (SSSR count). The van der Waals surface area contributed by atoms with E-state index < -0.39 is 0 Å². The SMILES string of the molecule is Cc1ccc(OSC(Cc2ccc(N3CCCC3)nc2)c2ccsc2N)cc1. The highest BCUT2D eigenvalue weighted by Gasteiger charge is 2.20. The highest BCUT2D eigenvalue weighted by atomic mass is 32.2. The number of rotatable bonds is 7. The normalized spacial score (nSPS) is 15.0. The number of pyridine rings is 1. The van der Waals surface area contributed by atoms with Crippen molar-refractivity contribution in [1.82, 2.24) is 4.98 Å². The molecule has 0 bridgehead atoms. The zero-order valence-corrected chi connectivity index (χ0v) is 17.6. The van der Waals surface area contributed by atoms with Crippen LogP contribution < -0.4 is 14.8 Å². The first-order chi connectivity index (χ1) is 13.7. The molecule has 6 heteroatoms. The van der Waals surface area contributed by atoms with Crippen molar-refractivity contribution in [3.63, 3.8) is 0 Å². The van der Waals surface area contributed by atoms with Crippen LogP contribution in [0.3, 0.4) is 0 Å². The molecule has 1 fully saturated rings. The zero-order valence-electron chi connectivity index (χ0n) is 16.0. The maximum atomic E-state index is 6.22. The minimum atomic E-state index is 0.118. The predicted octanol–water partition coefficient (Wildman–Crippen LogP) is 5.64. The fourth-order valence-electron chi connectivity index (χ4n) is 3.38. The highest BCUT2D eigenvalue weighted by Crippen LogP contribution is 2.39. The van der Waals surface area contributed by atoms with Crippen LogP contribution in [0.15, 0.2) is 54.0 Å². The van der Waals surface area contributed by atoms with Gasteiger partial charge in [-0.05, 0) is 61.4 Å². The average Bonchev–Trinajstić information content (AvgIpc) is 3.39. The van der Waals surface area contributed by atoms with Crippen molar-refractivity contribution in [3.05, 3.63) is 70.7 Å². The third-order valence-electron chi connectivity index (χ3n) is 5.02. The topological polar surface area (TPSA) is 51.4 Å². The molecule has 1 aliphatic heterocycles. The molecular formula is C22H25N3OS2. The predicted molar refractivity (Wildman–Crippen MR) is 120 cm³/mol. The van der Waals surface area contributed by atoms with Gasteiger partial charge in [-0.15, -0.1) is 11.3 Å². The number of nitrogens with zero attached hydrogens (tertiary/aromatic N) is 2. The van der Waals surface area contributed by atoms with Crippen LogP contribution in [0.1, 0.15) is 34.8 Å². The van der Waals surface area contributed by atoms with Crippen molar-refractivity contribution in [2.45, 2.75) is 31.4 Å². The van der Waals surface area contributed by atoms with E-state index in [1.165, 1.54) is 36.0 Å². The molecule has 3 heterocycles. The Balaban J connectivity index is 1.47. The first-order valence-corrected chi connectivity index (χ1v) is 11.3. The van der Waals surface area contributed by atoms with Crippen molar-refractivity contribution in [2.24, 2.45) is 0 Å². The van der Waals surface area contributed by atoms with Gasteiger partial charge in [-0.25, -0.2) is 4.98 Å². The number of hydrogen-bond acceptors (Lipinski definition) is 6. The number of anilines is 2. The van der Waals surface area contributed by atoms with Crippen molar-refractivity contribution in [2.75, 3.05) is 23.7 Å². The summed E-state index contributed by atoms with van der Waals surface area (Å²) in [6, 6.07) is 14.5. The summed E-state index contributed by atoms with van der Waals surface area (Å²) >= 11 is 3.04. The van der Waals surface area contributed by atoms with E-state index >= 15 is 0 Å². The van der Waals surface area contributed by atoms with Crippen LogP contribution in [0.5, 0.6) is 5.75 Å². The molecule has 1 atom stereocenters. The molecule has 1 saturated heterocycles. The minimum absolute atomic E-state index is 0.118. The van der Waals surface area contributed by atoms with Crippen LogP contribution in [0.4, 0.5) is 10.8 Å². The van der Waals surface area contributed by atoms with Crippen LogP contribution in [0.25, 0.3) is 0 Å². The summed E-state index contributed by atoms with van der Waals surface area (Å²) in [4.78, 5) is 7.05. The fourth-order valence-corrected chi connectivity index (χ4v) is 5.08. The first-order valence-electron chi connectivity index (χ1n) is 9.62. The van der Waals surface area contributed by atoms with Crippen LogP contribution in [-0.4, -0.2) is 18.1 Å². The molecular weight excluding hydrogens is 386 g/mol. The summed E-state index contributed by atoms with van der Waals surface area (Å²) in [7, 11) is 0. The quantitative estimate of drug-likeness (QED) is 0.510. The third kappa shape index (κ3) is 4.62. The molecule has 2 N–H and O–H groups in total. The van der Waals surface area contributed by atoms with E-state index in [0.717, 1.165) is 41.6 Å². The Morgan fingerprint density at radius 1 is 1.14 bits per heavy atom. The standard InChI is InChI=1S/C22H25N3OS2/c1-16-4-7-18(8-5-16)26-28-20(19-10-13-27-22(19)23)14-17-6-9-21(24-15-17)25-11-2-3-12-25/h4-10,13,15,20H,2-3,11-12,14,23H2,1H3. The number of nitrogen functional groups attached to an aromatic ring is 1. The smallest absolute Gasteiger partial charge is 0.137 e. The van der Waals surface area contributed by atoms with E-state index in [-0.39, 0.29) is 5.25 Å². The van der Waals surface area contributed by atoms with Crippen molar-refractivity contribution < 1.29 is 4.18 Å². The monoisotopic (exact) mass is 411 g/mol. The summed E-state index contributed by atoms with van der Waals surface area (Å²) in [6.07, 6.45) is 5.34. The number of thiophene rings is 1. The zero-order chi connectivity index (χ0) is 19.3. The number of benzene rings is 1. The van der Waals surface area contributed by atoms with Crippen molar-refractivity contribution in [3.8, 4) is 5.75 Å². The van der Waals surface area contributed by atoms with Gasteiger partial charge in [-0.3, -0.25) is 0 Å². The largest absolute Gasteiger partial charge is 0.425 e.